The van der Waals surface area contributed by atoms with E-state index in [2.05, 4.69) is 0 Å². The van der Waals surface area contributed by atoms with Crippen LogP contribution in [0.5, 0.6) is 51.7 Å². The van der Waals surface area contributed by atoms with Gasteiger partial charge in [-0.3, -0.25) is 0 Å². The second-order valence-electron chi connectivity index (χ2n) is 8.66. The highest BCUT2D eigenvalue weighted by molar-refractivity contribution is 6.58. The van der Waals surface area contributed by atoms with Crippen LogP contribution in [0, 0.1) is 0 Å². The number of aromatic hydroxyl groups is 9. The molecule has 1 heterocycles. The number of hydrogen-bond donors (Lipinski definition) is 11. The zero-order valence-electron chi connectivity index (χ0n) is 19.6. The third-order valence-electron chi connectivity index (χ3n) is 6.41. The fourth-order valence-corrected chi connectivity index (χ4v) is 4.51. The van der Waals surface area contributed by atoms with Crippen LogP contribution in [0.2, 0.25) is 0 Å². The Bertz CT molecular complexity index is 1720. The van der Waals surface area contributed by atoms with Crippen molar-refractivity contribution in [2.75, 3.05) is 0 Å². The fraction of sp³-hybridized carbons (Fsp3) is 0. The number of aromatic nitrogens is 1. The van der Waals surface area contributed by atoms with Crippen molar-refractivity contribution in [3.8, 4) is 79.8 Å². The summed E-state index contributed by atoms with van der Waals surface area (Å²) in [6, 6.07) is 14.5. The molecule has 0 aliphatic carbocycles. The first-order valence-electron chi connectivity index (χ1n) is 11.2. The van der Waals surface area contributed by atoms with Crippen LogP contribution in [-0.4, -0.2) is 67.7 Å². The molecule has 11 N–H and O–H groups in total. The van der Waals surface area contributed by atoms with Gasteiger partial charge in [0.25, 0.3) is 0 Å². The Balaban J connectivity index is 1.88. The lowest BCUT2D eigenvalue weighted by atomic mass is 9.80. The number of phenolic OH excluding ortho intramolecular Hbond substituents is 9. The molecule has 0 saturated heterocycles. The Morgan fingerprint density at radius 3 is 1.51 bits per heavy atom. The third-order valence-corrected chi connectivity index (χ3v) is 6.41. The van der Waals surface area contributed by atoms with E-state index in [4.69, 9.17) is 0 Å². The first kappa shape index (κ1) is 25.3. The molecular weight excluding hydrogens is 513 g/mol. The van der Waals surface area contributed by atoms with Crippen molar-refractivity contribution in [3.63, 3.8) is 0 Å². The minimum Gasteiger partial charge on any atom is -0.504 e. The second-order valence-corrected chi connectivity index (χ2v) is 8.66. The molecule has 0 saturated carbocycles. The molecule has 13 heteroatoms. The van der Waals surface area contributed by atoms with Gasteiger partial charge in [-0.05, 0) is 23.2 Å². The first-order chi connectivity index (χ1) is 18.5. The smallest absolute Gasteiger partial charge is 0.488 e. The van der Waals surface area contributed by atoms with Gasteiger partial charge in [0.15, 0.2) is 34.5 Å². The topological polar surface area (TPSA) is 227 Å². The van der Waals surface area contributed by atoms with Crippen LogP contribution in [0.1, 0.15) is 0 Å². The maximum absolute atomic E-state index is 11.1. The summed E-state index contributed by atoms with van der Waals surface area (Å²) in [5.41, 5.74) is -1.18. The number of hydrogen-bond acceptors (Lipinski definition) is 11. The molecule has 0 fully saturated rings. The van der Waals surface area contributed by atoms with E-state index in [0.717, 1.165) is 0 Å². The Hall–Kier alpha value is -5.40. The predicted molar refractivity (Wildman–Crippen MR) is 139 cm³/mol. The molecule has 0 atom stereocenters. The van der Waals surface area contributed by atoms with Gasteiger partial charge in [0.1, 0.15) is 5.69 Å². The number of nitrogens with zero attached hydrogens (tertiary/aromatic N) is 1. The predicted octanol–water partition coefficient (Wildman–Crippen LogP) is 1.99. The van der Waals surface area contributed by atoms with Gasteiger partial charge in [-0.1, -0.05) is 42.5 Å². The minimum atomic E-state index is -1.79. The quantitative estimate of drug-likeness (QED) is 0.0909. The molecule has 5 aromatic rings. The van der Waals surface area contributed by atoms with Crippen LogP contribution in [0.3, 0.4) is 0 Å². The summed E-state index contributed by atoms with van der Waals surface area (Å²) < 4.78 is 1.28. The maximum atomic E-state index is 11.1. The van der Waals surface area contributed by atoms with E-state index in [1.54, 1.807) is 36.4 Å². The number of benzene rings is 4. The second kappa shape index (κ2) is 8.87. The lowest BCUT2D eigenvalue weighted by Gasteiger charge is -2.20. The molecule has 12 nitrogen and oxygen atoms in total. The van der Waals surface area contributed by atoms with Gasteiger partial charge < -0.3 is 60.6 Å². The van der Waals surface area contributed by atoms with Gasteiger partial charge in [-0.2, -0.15) is 0 Å². The van der Waals surface area contributed by atoms with Crippen molar-refractivity contribution < 1.29 is 56.0 Å². The minimum absolute atomic E-state index is 0.145. The summed E-state index contributed by atoms with van der Waals surface area (Å²) >= 11 is 0. The van der Waals surface area contributed by atoms with Gasteiger partial charge >= 0.3 is 7.12 Å². The van der Waals surface area contributed by atoms with Crippen molar-refractivity contribution in [1.82, 2.24) is 4.57 Å². The normalized spacial score (nSPS) is 11.2. The van der Waals surface area contributed by atoms with Crippen LogP contribution in [-0.2, 0) is 0 Å². The molecule has 0 radical (unpaired) electrons. The van der Waals surface area contributed by atoms with Gasteiger partial charge in [0, 0.05) is 5.39 Å². The van der Waals surface area contributed by atoms with Crippen molar-refractivity contribution in [2.45, 2.75) is 0 Å². The Kier molecular flexibility index (Phi) is 5.74. The van der Waals surface area contributed by atoms with Gasteiger partial charge in [-0.25, -0.2) is 0 Å². The molecule has 0 spiro atoms. The largest absolute Gasteiger partial charge is 0.504 e. The standard InChI is InChI=1S/C26H20BNO11/c29-18-15(16-20(31)24(35)26(37)25(36)21(16)32)19(30)23(34)17(22(18)33)28-13-7-6-12(27(38)39)8-11(13)9-14(28)10-4-2-1-3-5-10/h1-9,29-39H. The molecule has 0 unspecified atom stereocenters. The van der Waals surface area contributed by atoms with Crippen LogP contribution in [0.15, 0.2) is 54.6 Å². The van der Waals surface area contributed by atoms with Gasteiger partial charge in [0.05, 0.1) is 22.3 Å². The lowest BCUT2D eigenvalue weighted by molar-refractivity contribution is 0.329. The summed E-state index contributed by atoms with van der Waals surface area (Å²) in [5.74, 6) is -11.0. The highest BCUT2D eigenvalue weighted by atomic mass is 16.4. The number of phenols is 9. The average Bonchev–Trinajstić information content (AvgIpc) is 3.30. The van der Waals surface area contributed by atoms with E-state index in [0.29, 0.717) is 22.2 Å². The van der Waals surface area contributed by atoms with Crippen molar-refractivity contribution in [2.24, 2.45) is 0 Å². The average molecular weight is 533 g/mol. The molecular formula is C26H20BNO11. The molecule has 39 heavy (non-hydrogen) atoms. The lowest BCUT2D eigenvalue weighted by Crippen LogP contribution is -2.29. The summed E-state index contributed by atoms with van der Waals surface area (Å²) in [7, 11) is -1.79. The number of rotatable bonds is 4. The zero-order valence-corrected chi connectivity index (χ0v) is 19.6. The third kappa shape index (κ3) is 3.64. The highest BCUT2D eigenvalue weighted by Crippen LogP contribution is 2.62. The monoisotopic (exact) mass is 533 g/mol. The van der Waals surface area contributed by atoms with Crippen LogP contribution in [0.25, 0.3) is 39.0 Å². The molecule has 0 amide bonds. The van der Waals surface area contributed by atoms with Gasteiger partial charge in [-0.15, -0.1) is 0 Å². The highest BCUT2D eigenvalue weighted by Gasteiger charge is 2.34. The molecule has 0 aliphatic rings. The van der Waals surface area contributed by atoms with Crippen LogP contribution >= 0.6 is 0 Å². The van der Waals surface area contributed by atoms with Gasteiger partial charge in [0.2, 0.25) is 17.2 Å². The van der Waals surface area contributed by atoms with E-state index in [9.17, 15) is 56.0 Å². The van der Waals surface area contributed by atoms with E-state index >= 15 is 0 Å². The SMILES string of the molecule is OB(O)c1ccc2c(c1)cc(-c1ccccc1)n2-c1c(O)c(O)c(-c2c(O)c(O)c(O)c(O)c2O)c(O)c1O. The van der Waals surface area contributed by atoms with Crippen LogP contribution in [0.4, 0.5) is 0 Å². The van der Waals surface area contributed by atoms with Crippen molar-refractivity contribution >= 4 is 23.5 Å². The van der Waals surface area contributed by atoms with Crippen LogP contribution < -0.4 is 5.46 Å². The summed E-state index contributed by atoms with van der Waals surface area (Å²) in [5, 5.41) is 114. The Labute approximate surface area is 218 Å². The molecule has 4 aromatic carbocycles. The summed E-state index contributed by atoms with van der Waals surface area (Å²) in [6.45, 7) is 0. The molecule has 1 aromatic heterocycles. The van der Waals surface area contributed by atoms with E-state index in [1.807, 2.05) is 0 Å². The van der Waals surface area contributed by atoms with Crippen molar-refractivity contribution in [1.29, 1.82) is 0 Å². The molecule has 198 valence electrons. The first-order valence-corrected chi connectivity index (χ1v) is 11.2. The molecule has 5 rings (SSSR count). The number of fused-ring (bicyclic) bond motifs is 1. The summed E-state index contributed by atoms with van der Waals surface area (Å²) in [6.07, 6.45) is 0. The van der Waals surface area contributed by atoms with Crippen molar-refractivity contribution in [3.05, 3.63) is 54.6 Å². The Morgan fingerprint density at radius 2 is 1.00 bits per heavy atom. The zero-order chi connectivity index (χ0) is 28.3. The molecule has 0 bridgehead atoms. The van der Waals surface area contributed by atoms with E-state index in [-0.39, 0.29) is 5.46 Å². The Morgan fingerprint density at radius 1 is 0.513 bits per heavy atom. The summed E-state index contributed by atoms with van der Waals surface area (Å²) in [4.78, 5) is 0. The van der Waals surface area contributed by atoms with E-state index in [1.165, 1.54) is 22.8 Å². The fourth-order valence-electron chi connectivity index (χ4n) is 4.51. The maximum Gasteiger partial charge on any atom is 0.488 e. The molecule has 0 aliphatic heterocycles. The van der Waals surface area contributed by atoms with E-state index < -0.39 is 75.7 Å².